The molecule has 134 valence electrons. The van der Waals surface area contributed by atoms with E-state index in [1.54, 1.807) is 0 Å². The number of hydrogen-bond acceptors (Lipinski definition) is 6. The summed E-state index contributed by atoms with van der Waals surface area (Å²) in [6, 6.07) is 0.860. The molecule has 0 saturated carbocycles. The first kappa shape index (κ1) is 20.4. The van der Waals surface area contributed by atoms with Gasteiger partial charge in [-0.05, 0) is 6.07 Å². The summed E-state index contributed by atoms with van der Waals surface area (Å²) in [5.74, 6) is -4.68. The second-order valence-electron chi connectivity index (χ2n) is 4.46. The summed E-state index contributed by atoms with van der Waals surface area (Å²) in [5.41, 5.74) is 5.00. The third-order valence-electron chi connectivity index (χ3n) is 2.82. The van der Waals surface area contributed by atoms with E-state index < -0.39 is 45.8 Å². The van der Waals surface area contributed by atoms with Crippen LogP contribution in [0, 0.1) is 0 Å². The Kier molecular flexibility index (Phi) is 6.33. The maximum Gasteiger partial charge on any atom is 0.472 e. The SMILES string of the molecule is CCS(=O)(=O)c1cnc(N(C(=O)CCBr)C(=O)C(F)(F)F)c(N)c1. The minimum absolute atomic E-state index is 0.00960. The van der Waals surface area contributed by atoms with Crippen molar-refractivity contribution in [2.24, 2.45) is 0 Å². The monoisotopic (exact) mass is 431 g/mol. The predicted octanol–water partition coefficient (Wildman–Crippen LogP) is 1.66. The zero-order chi connectivity index (χ0) is 18.7. The second kappa shape index (κ2) is 7.47. The third-order valence-corrected chi connectivity index (χ3v) is 4.92. The van der Waals surface area contributed by atoms with Crippen molar-refractivity contribution >= 4 is 49.1 Å². The summed E-state index contributed by atoms with van der Waals surface area (Å²) in [7, 11) is -3.70. The number of carbonyl (C=O) groups is 2. The number of hydrogen-bond donors (Lipinski definition) is 1. The highest BCUT2D eigenvalue weighted by Gasteiger charge is 2.46. The highest BCUT2D eigenvalue weighted by molar-refractivity contribution is 9.09. The maximum absolute atomic E-state index is 12.7. The molecule has 1 rings (SSSR count). The van der Waals surface area contributed by atoms with Crippen molar-refractivity contribution in [3.8, 4) is 0 Å². The number of carbonyl (C=O) groups excluding carboxylic acids is 2. The fraction of sp³-hybridized carbons (Fsp3) is 0.417. The Morgan fingerprint density at radius 2 is 1.96 bits per heavy atom. The van der Waals surface area contributed by atoms with E-state index >= 15 is 0 Å². The molecule has 2 N–H and O–H groups in total. The molecule has 12 heteroatoms. The molecule has 0 unspecified atom stereocenters. The van der Waals surface area contributed by atoms with Crippen molar-refractivity contribution in [1.29, 1.82) is 0 Å². The first-order valence-electron chi connectivity index (χ1n) is 6.44. The van der Waals surface area contributed by atoms with Gasteiger partial charge in [-0.2, -0.15) is 13.2 Å². The van der Waals surface area contributed by atoms with Gasteiger partial charge in [0.1, 0.15) is 0 Å². The molecule has 0 fully saturated rings. The lowest BCUT2D eigenvalue weighted by atomic mass is 10.3. The molecule has 0 aromatic carbocycles. The predicted molar refractivity (Wildman–Crippen MR) is 83.3 cm³/mol. The number of nitrogens with zero attached hydrogens (tertiary/aromatic N) is 2. The molecule has 2 amide bonds. The Balaban J connectivity index is 3.44. The number of anilines is 2. The van der Waals surface area contributed by atoms with Crippen LogP contribution < -0.4 is 10.6 Å². The smallest absolute Gasteiger partial charge is 0.396 e. The summed E-state index contributed by atoms with van der Waals surface area (Å²) in [4.78, 5) is 26.4. The minimum atomic E-state index is -5.33. The molecule has 0 aliphatic carbocycles. The normalized spacial score (nSPS) is 12.0. The zero-order valence-electron chi connectivity index (χ0n) is 12.3. The van der Waals surface area contributed by atoms with E-state index in [9.17, 15) is 31.2 Å². The van der Waals surface area contributed by atoms with Crippen LogP contribution in [0.5, 0.6) is 0 Å². The molecule has 0 aliphatic heterocycles. The van der Waals surface area contributed by atoms with Crippen molar-refractivity contribution < 1.29 is 31.2 Å². The standard InChI is InChI=1S/C12H13BrF3N3O4S/c1-2-24(22,23)7-5-8(17)10(18-6-7)19(9(20)3-4-13)11(21)12(14,15)16/h5-6H,2-4,17H2,1H3. The van der Waals surface area contributed by atoms with Gasteiger partial charge >= 0.3 is 12.1 Å². The van der Waals surface area contributed by atoms with E-state index in [4.69, 9.17) is 5.73 Å². The van der Waals surface area contributed by atoms with Crippen molar-refractivity contribution in [3.05, 3.63) is 12.3 Å². The summed E-state index contributed by atoms with van der Waals surface area (Å²) in [5, 5.41) is 0.00960. The molecule has 0 atom stereocenters. The second-order valence-corrected chi connectivity index (χ2v) is 7.53. The lowest BCUT2D eigenvalue weighted by Gasteiger charge is -2.22. The molecule has 0 radical (unpaired) electrons. The summed E-state index contributed by atoms with van der Waals surface area (Å²) in [6.45, 7) is 1.36. The van der Waals surface area contributed by atoms with Gasteiger partial charge in [0.25, 0.3) is 0 Å². The van der Waals surface area contributed by atoms with E-state index in [-0.39, 0.29) is 20.9 Å². The number of pyridine rings is 1. The number of sulfone groups is 1. The Morgan fingerprint density at radius 1 is 1.38 bits per heavy atom. The first-order valence-corrected chi connectivity index (χ1v) is 9.21. The molecule has 0 saturated heterocycles. The quantitative estimate of drug-likeness (QED) is 0.709. The van der Waals surface area contributed by atoms with Crippen LogP contribution in [0.2, 0.25) is 0 Å². The highest BCUT2D eigenvalue weighted by atomic mass is 79.9. The summed E-state index contributed by atoms with van der Waals surface area (Å²) >= 11 is 2.88. The van der Waals surface area contributed by atoms with Crippen molar-refractivity contribution in [3.63, 3.8) is 0 Å². The van der Waals surface area contributed by atoms with Gasteiger partial charge in [-0.25, -0.2) is 18.3 Å². The Hall–Kier alpha value is -1.69. The number of nitrogen functional groups attached to an aromatic ring is 1. The van der Waals surface area contributed by atoms with Crippen molar-refractivity contribution in [2.45, 2.75) is 24.4 Å². The van der Waals surface area contributed by atoms with Gasteiger partial charge in [0.05, 0.1) is 16.3 Å². The molecule has 1 aromatic heterocycles. The maximum atomic E-state index is 12.7. The van der Waals surface area contributed by atoms with Crippen LogP contribution in [-0.2, 0) is 19.4 Å². The van der Waals surface area contributed by atoms with E-state index in [0.29, 0.717) is 0 Å². The largest absolute Gasteiger partial charge is 0.472 e. The van der Waals surface area contributed by atoms with E-state index in [1.807, 2.05) is 0 Å². The molecule has 0 bridgehead atoms. The molecule has 1 aromatic rings. The van der Waals surface area contributed by atoms with Gasteiger partial charge in [0.2, 0.25) is 5.91 Å². The fourth-order valence-corrected chi connectivity index (χ4v) is 2.82. The van der Waals surface area contributed by atoms with E-state index in [2.05, 4.69) is 20.9 Å². The van der Waals surface area contributed by atoms with Crippen LogP contribution in [0.25, 0.3) is 0 Å². The van der Waals surface area contributed by atoms with Gasteiger partial charge in [-0.1, -0.05) is 22.9 Å². The number of nitrogens with two attached hydrogens (primary N) is 1. The molecule has 0 spiro atoms. The van der Waals surface area contributed by atoms with Crippen LogP contribution in [-0.4, -0.2) is 42.5 Å². The van der Waals surface area contributed by atoms with Gasteiger partial charge in [-0.15, -0.1) is 0 Å². The Morgan fingerprint density at radius 3 is 2.38 bits per heavy atom. The molecule has 0 aliphatic rings. The number of imide groups is 1. The Labute approximate surface area is 144 Å². The summed E-state index contributed by atoms with van der Waals surface area (Å²) < 4.78 is 61.6. The van der Waals surface area contributed by atoms with Gasteiger partial charge in [0.15, 0.2) is 15.7 Å². The number of amides is 2. The molecular weight excluding hydrogens is 419 g/mol. The molecule has 24 heavy (non-hydrogen) atoms. The molecular formula is C12H13BrF3N3O4S. The van der Waals surface area contributed by atoms with Crippen LogP contribution in [0.1, 0.15) is 13.3 Å². The highest BCUT2D eigenvalue weighted by Crippen LogP contribution is 2.29. The van der Waals surface area contributed by atoms with E-state index in [1.165, 1.54) is 6.92 Å². The van der Waals surface area contributed by atoms with Crippen LogP contribution >= 0.6 is 15.9 Å². The van der Waals surface area contributed by atoms with Gasteiger partial charge < -0.3 is 5.73 Å². The number of alkyl halides is 4. The summed E-state index contributed by atoms with van der Waals surface area (Å²) in [6.07, 6.45) is -5.00. The van der Waals surface area contributed by atoms with Crippen LogP contribution in [0.3, 0.4) is 0 Å². The van der Waals surface area contributed by atoms with Crippen molar-refractivity contribution in [1.82, 2.24) is 4.98 Å². The van der Waals surface area contributed by atoms with Gasteiger partial charge in [0, 0.05) is 17.9 Å². The average Bonchev–Trinajstić information content (AvgIpc) is 2.48. The van der Waals surface area contributed by atoms with Gasteiger partial charge in [-0.3, -0.25) is 9.59 Å². The third kappa shape index (κ3) is 4.44. The molecule has 7 nitrogen and oxygen atoms in total. The number of rotatable bonds is 5. The minimum Gasteiger partial charge on any atom is -0.396 e. The van der Waals surface area contributed by atoms with Crippen molar-refractivity contribution in [2.75, 3.05) is 21.7 Å². The molecule has 1 heterocycles. The topological polar surface area (TPSA) is 110 Å². The number of aromatic nitrogens is 1. The lowest BCUT2D eigenvalue weighted by Crippen LogP contribution is -2.46. The van der Waals surface area contributed by atoms with E-state index in [0.717, 1.165) is 12.3 Å². The lowest BCUT2D eigenvalue weighted by molar-refractivity contribution is -0.171. The fourth-order valence-electron chi connectivity index (χ4n) is 1.62. The first-order chi connectivity index (χ1) is 11.0. The van der Waals surface area contributed by atoms with Crippen LogP contribution in [0.15, 0.2) is 17.2 Å². The Bertz CT molecular complexity index is 752. The van der Waals surface area contributed by atoms with Crippen LogP contribution in [0.4, 0.5) is 24.7 Å². The zero-order valence-corrected chi connectivity index (χ0v) is 14.7. The number of halogens is 4. The average molecular weight is 432 g/mol.